The first kappa shape index (κ1) is 22.7. The molecule has 7 nitrogen and oxygen atoms in total. The van der Waals surface area contributed by atoms with Crippen LogP contribution in [0.1, 0.15) is 33.3 Å². The number of esters is 1. The number of rotatable bonds is 6. The standard InChI is InChI=1S/C27H23N3O4/c1-3-34-27(33)25-22(17-24(31)30(29-25)23-12-8-7-9-18(23)2)28-26(32)21-15-13-20(14-16-21)19-10-5-4-6-11-19/h4-17H,3H2,1-2H3,(H,28,32). The zero-order valence-corrected chi connectivity index (χ0v) is 18.8. The van der Waals surface area contributed by atoms with Gasteiger partial charge in [-0.2, -0.15) is 9.78 Å². The number of carbonyl (C=O) groups excluding carboxylic acids is 2. The van der Waals surface area contributed by atoms with Crippen LogP contribution in [-0.4, -0.2) is 28.3 Å². The second kappa shape index (κ2) is 9.95. The number of hydrogen-bond acceptors (Lipinski definition) is 5. The van der Waals surface area contributed by atoms with Gasteiger partial charge in [0.2, 0.25) is 0 Å². The lowest BCUT2D eigenvalue weighted by Gasteiger charge is -2.13. The molecular formula is C27H23N3O4. The number of nitrogens with one attached hydrogen (secondary N) is 1. The topological polar surface area (TPSA) is 90.3 Å². The van der Waals surface area contributed by atoms with Gasteiger partial charge in [0.15, 0.2) is 5.69 Å². The number of ether oxygens (including phenoxy) is 1. The number of nitrogens with zero attached hydrogens (tertiary/aromatic N) is 2. The Kier molecular flexibility index (Phi) is 6.64. The molecule has 0 saturated carbocycles. The van der Waals surface area contributed by atoms with E-state index in [1.54, 1.807) is 31.2 Å². The Morgan fingerprint density at radius 3 is 2.24 bits per heavy atom. The largest absolute Gasteiger partial charge is 0.461 e. The molecule has 0 aliphatic rings. The lowest BCUT2D eigenvalue weighted by molar-refractivity contribution is 0.0518. The summed E-state index contributed by atoms with van der Waals surface area (Å²) in [5.41, 5.74) is 3.06. The van der Waals surface area contributed by atoms with Crippen molar-refractivity contribution in [1.82, 2.24) is 9.78 Å². The first-order valence-corrected chi connectivity index (χ1v) is 10.8. The molecule has 0 bridgehead atoms. The van der Waals surface area contributed by atoms with E-state index >= 15 is 0 Å². The predicted octanol–water partition coefficient (Wildman–Crippen LogP) is 4.64. The molecule has 4 rings (SSSR count). The summed E-state index contributed by atoms with van der Waals surface area (Å²) in [7, 11) is 0. The van der Waals surface area contributed by atoms with Crippen LogP contribution in [0.3, 0.4) is 0 Å². The number of aromatic nitrogens is 2. The van der Waals surface area contributed by atoms with Gasteiger partial charge in [-0.25, -0.2) is 4.79 Å². The Balaban J connectivity index is 1.67. The quantitative estimate of drug-likeness (QED) is 0.430. The van der Waals surface area contributed by atoms with Crippen molar-refractivity contribution >= 4 is 17.6 Å². The fourth-order valence-electron chi connectivity index (χ4n) is 3.51. The minimum Gasteiger partial charge on any atom is -0.461 e. The Morgan fingerprint density at radius 1 is 0.912 bits per heavy atom. The Hall–Kier alpha value is -4.52. The third kappa shape index (κ3) is 4.78. The monoisotopic (exact) mass is 453 g/mol. The number of hydrogen-bond donors (Lipinski definition) is 1. The fraction of sp³-hybridized carbons (Fsp3) is 0.111. The number of anilines is 1. The van der Waals surface area contributed by atoms with Crippen molar-refractivity contribution in [2.75, 3.05) is 11.9 Å². The summed E-state index contributed by atoms with van der Waals surface area (Å²) in [4.78, 5) is 38.4. The highest BCUT2D eigenvalue weighted by Crippen LogP contribution is 2.21. The van der Waals surface area contributed by atoms with Crippen molar-refractivity contribution in [1.29, 1.82) is 0 Å². The molecule has 0 aliphatic carbocycles. The van der Waals surface area contributed by atoms with Gasteiger partial charge in [0.05, 0.1) is 18.0 Å². The smallest absolute Gasteiger partial charge is 0.360 e. The summed E-state index contributed by atoms with van der Waals surface area (Å²) in [5, 5.41) is 6.88. The minimum absolute atomic E-state index is 0.00887. The van der Waals surface area contributed by atoms with E-state index in [1.807, 2.05) is 61.5 Å². The van der Waals surface area contributed by atoms with Crippen molar-refractivity contribution in [3.05, 3.63) is 112 Å². The molecule has 0 unspecified atom stereocenters. The summed E-state index contributed by atoms with van der Waals surface area (Å²) in [6.45, 7) is 3.63. The highest BCUT2D eigenvalue weighted by molar-refractivity contribution is 6.07. The van der Waals surface area contributed by atoms with Gasteiger partial charge in [-0.1, -0.05) is 60.7 Å². The average molecular weight is 453 g/mol. The van der Waals surface area contributed by atoms with Crippen LogP contribution in [0.25, 0.3) is 16.8 Å². The summed E-state index contributed by atoms with van der Waals surface area (Å²) in [6, 6.07) is 25.2. The van der Waals surface area contributed by atoms with Crippen LogP contribution >= 0.6 is 0 Å². The molecule has 0 saturated heterocycles. The molecule has 1 N–H and O–H groups in total. The lowest BCUT2D eigenvalue weighted by atomic mass is 10.0. The highest BCUT2D eigenvalue weighted by atomic mass is 16.5. The first-order valence-electron chi connectivity index (χ1n) is 10.8. The summed E-state index contributed by atoms with van der Waals surface area (Å²) in [5.74, 6) is -1.21. The Labute approximate surface area is 196 Å². The molecule has 1 heterocycles. The number of benzene rings is 3. The molecule has 7 heteroatoms. The van der Waals surface area contributed by atoms with E-state index < -0.39 is 17.4 Å². The molecule has 34 heavy (non-hydrogen) atoms. The van der Waals surface area contributed by atoms with Gasteiger partial charge in [0.1, 0.15) is 0 Å². The molecule has 4 aromatic rings. The molecule has 3 aromatic carbocycles. The third-order valence-electron chi connectivity index (χ3n) is 5.25. The molecule has 0 aliphatic heterocycles. The SMILES string of the molecule is CCOC(=O)c1nn(-c2ccccc2C)c(=O)cc1NC(=O)c1ccc(-c2ccccc2)cc1. The predicted molar refractivity (Wildman–Crippen MR) is 130 cm³/mol. The third-order valence-corrected chi connectivity index (χ3v) is 5.25. The fourth-order valence-corrected chi connectivity index (χ4v) is 3.51. The Morgan fingerprint density at radius 2 is 1.56 bits per heavy atom. The van der Waals surface area contributed by atoms with Crippen LogP contribution in [0, 0.1) is 6.92 Å². The van der Waals surface area contributed by atoms with Crippen LogP contribution in [0.4, 0.5) is 5.69 Å². The second-order valence-corrected chi connectivity index (χ2v) is 7.56. The maximum absolute atomic E-state index is 12.9. The van der Waals surface area contributed by atoms with Gasteiger partial charge >= 0.3 is 5.97 Å². The molecule has 170 valence electrons. The normalized spacial score (nSPS) is 10.5. The van der Waals surface area contributed by atoms with Crippen molar-refractivity contribution in [3.8, 4) is 16.8 Å². The van der Waals surface area contributed by atoms with Crippen LogP contribution in [0.5, 0.6) is 0 Å². The molecule has 0 radical (unpaired) electrons. The van der Waals surface area contributed by atoms with E-state index in [2.05, 4.69) is 10.4 Å². The maximum atomic E-state index is 12.9. The lowest BCUT2D eigenvalue weighted by Crippen LogP contribution is -2.27. The molecule has 1 amide bonds. The summed E-state index contributed by atoms with van der Waals surface area (Å²) in [6.07, 6.45) is 0. The summed E-state index contributed by atoms with van der Waals surface area (Å²) < 4.78 is 6.24. The number of carbonyl (C=O) groups is 2. The average Bonchev–Trinajstić information content (AvgIpc) is 2.85. The van der Waals surface area contributed by atoms with Gasteiger partial charge in [0.25, 0.3) is 11.5 Å². The number of aryl methyl sites for hydroxylation is 1. The number of amides is 1. The van der Waals surface area contributed by atoms with E-state index in [-0.39, 0.29) is 18.0 Å². The van der Waals surface area contributed by atoms with Gasteiger partial charge in [-0.3, -0.25) is 9.59 Å². The van der Waals surface area contributed by atoms with Gasteiger partial charge < -0.3 is 10.1 Å². The molecule has 0 fully saturated rings. The molecular weight excluding hydrogens is 430 g/mol. The second-order valence-electron chi connectivity index (χ2n) is 7.56. The van der Waals surface area contributed by atoms with Crippen molar-refractivity contribution < 1.29 is 14.3 Å². The van der Waals surface area contributed by atoms with Crippen molar-refractivity contribution in [2.45, 2.75) is 13.8 Å². The van der Waals surface area contributed by atoms with Crippen molar-refractivity contribution in [3.63, 3.8) is 0 Å². The minimum atomic E-state index is -0.737. The van der Waals surface area contributed by atoms with Crippen molar-refractivity contribution in [2.24, 2.45) is 0 Å². The molecule has 1 aromatic heterocycles. The van der Waals surface area contributed by atoms with Crippen LogP contribution in [0.2, 0.25) is 0 Å². The molecule has 0 atom stereocenters. The zero-order valence-electron chi connectivity index (χ0n) is 18.8. The van der Waals surface area contributed by atoms with E-state index in [0.29, 0.717) is 11.3 Å². The van der Waals surface area contributed by atoms with E-state index in [0.717, 1.165) is 21.4 Å². The van der Waals surface area contributed by atoms with Crippen LogP contribution < -0.4 is 10.9 Å². The maximum Gasteiger partial charge on any atom is 0.360 e. The molecule has 0 spiro atoms. The van der Waals surface area contributed by atoms with E-state index in [9.17, 15) is 14.4 Å². The van der Waals surface area contributed by atoms with Crippen LogP contribution in [-0.2, 0) is 4.74 Å². The Bertz CT molecular complexity index is 1390. The highest BCUT2D eigenvalue weighted by Gasteiger charge is 2.21. The van der Waals surface area contributed by atoms with Gasteiger partial charge in [-0.15, -0.1) is 0 Å². The van der Waals surface area contributed by atoms with Crippen LogP contribution in [0.15, 0.2) is 89.7 Å². The van der Waals surface area contributed by atoms with E-state index in [4.69, 9.17) is 4.74 Å². The summed E-state index contributed by atoms with van der Waals surface area (Å²) >= 11 is 0. The van der Waals surface area contributed by atoms with Gasteiger partial charge in [-0.05, 0) is 48.7 Å². The zero-order chi connectivity index (χ0) is 24.1. The number of para-hydroxylation sites is 1. The first-order chi connectivity index (χ1) is 16.5. The van der Waals surface area contributed by atoms with E-state index in [1.165, 1.54) is 6.07 Å². The van der Waals surface area contributed by atoms with Gasteiger partial charge in [0, 0.05) is 11.6 Å².